The standard InChI is InChI=1S/C23H20N9/c1-30-7-3-19(29-30)20-13-32-21(2-6-26-32)22(28-20)15-11-27-31(12-15)14-23(4-5-24)8-16-17(9-23)18(16)10-25/h2-3,6-7,11-14,16-18H,4,8-9H2,1H3/q+1/b31-14+. The van der Waals surface area contributed by atoms with Gasteiger partial charge in [0.25, 0.3) is 0 Å². The summed E-state index contributed by atoms with van der Waals surface area (Å²) in [7, 11) is 1.87. The molecule has 0 N–H and O–H groups in total. The first-order valence-electron chi connectivity index (χ1n) is 10.6. The van der Waals surface area contributed by atoms with E-state index in [1.54, 1.807) is 26.3 Å². The lowest BCUT2D eigenvalue weighted by atomic mass is 9.80. The Labute approximate surface area is 184 Å². The smallest absolute Gasteiger partial charge is 0.213 e. The number of aryl methyl sites for hydroxylation is 1. The van der Waals surface area contributed by atoms with Crippen LogP contribution in [0.3, 0.4) is 0 Å². The van der Waals surface area contributed by atoms with E-state index in [0.717, 1.165) is 41.0 Å². The Morgan fingerprint density at radius 1 is 1.25 bits per heavy atom. The molecule has 3 aliphatic rings. The lowest BCUT2D eigenvalue weighted by Gasteiger charge is -2.20. The van der Waals surface area contributed by atoms with Crippen molar-refractivity contribution in [2.75, 3.05) is 0 Å². The predicted molar refractivity (Wildman–Crippen MR) is 116 cm³/mol. The molecule has 2 atom stereocenters. The third-order valence-electron chi connectivity index (χ3n) is 6.84. The average Bonchev–Trinajstić information content (AvgIpc) is 3.37. The largest absolute Gasteiger partial charge is 0.275 e. The van der Waals surface area contributed by atoms with Crippen LogP contribution in [0.2, 0.25) is 0 Å². The zero-order chi connectivity index (χ0) is 21.9. The lowest BCUT2D eigenvalue weighted by Crippen LogP contribution is -2.24. The normalized spacial score (nSPS) is 29.2. The van der Waals surface area contributed by atoms with E-state index < -0.39 is 0 Å². The predicted octanol–water partition coefficient (Wildman–Crippen LogP) is 2.63. The second-order valence-corrected chi connectivity index (χ2v) is 8.94. The molecule has 0 amide bonds. The summed E-state index contributed by atoms with van der Waals surface area (Å²) in [6.07, 6.45) is 13.5. The van der Waals surface area contributed by atoms with Gasteiger partial charge in [-0.05, 0) is 41.9 Å². The first-order chi connectivity index (χ1) is 15.6. The molecule has 6 rings (SSSR count). The molecular weight excluding hydrogens is 402 g/mol. The van der Waals surface area contributed by atoms with Gasteiger partial charge in [-0.3, -0.25) is 4.68 Å². The van der Waals surface area contributed by atoms with Crippen molar-refractivity contribution in [1.82, 2.24) is 24.4 Å². The maximum atomic E-state index is 9.42. The van der Waals surface area contributed by atoms with Gasteiger partial charge in [0, 0.05) is 13.2 Å². The van der Waals surface area contributed by atoms with E-state index in [0.29, 0.717) is 18.3 Å². The fourth-order valence-electron chi connectivity index (χ4n) is 5.29. The van der Waals surface area contributed by atoms with Gasteiger partial charge in [0.15, 0.2) is 6.21 Å². The van der Waals surface area contributed by atoms with Crippen LogP contribution in [0.5, 0.6) is 0 Å². The molecule has 0 spiro atoms. The highest BCUT2D eigenvalue weighted by Crippen LogP contribution is 2.64. The average molecular weight is 422 g/mol. The number of nitriles is 2. The van der Waals surface area contributed by atoms with Gasteiger partial charge in [0.2, 0.25) is 6.20 Å². The first-order valence-corrected chi connectivity index (χ1v) is 10.6. The third-order valence-corrected chi connectivity index (χ3v) is 6.84. The molecule has 32 heavy (non-hydrogen) atoms. The van der Waals surface area contributed by atoms with Crippen LogP contribution in [0.25, 0.3) is 22.5 Å². The van der Waals surface area contributed by atoms with Crippen molar-refractivity contribution < 1.29 is 4.68 Å². The highest BCUT2D eigenvalue weighted by molar-refractivity contribution is 6.12. The van der Waals surface area contributed by atoms with Crippen LogP contribution in [0.15, 0.2) is 42.0 Å². The van der Waals surface area contributed by atoms with Crippen molar-refractivity contribution in [1.29, 1.82) is 10.5 Å². The van der Waals surface area contributed by atoms with E-state index in [2.05, 4.69) is 33.7 Å². The fraction of sp³-hybridized carbons (Fsp3) is 0.348. The molecule has 2 unspecified atom stereocenters. The first kappa shape index (κ1) is 18.6. The quantitative estimate of drug-likeness (QED) is 0.600. The lowest BCUT2D eigenvalue weighted by molar-refractivity contribution is -0.456. The van der Waals surface area contributed by atoms with Crippen LogP contribution in [-0.4, -0.2) is 41.5 Å². The molecule has 0 bridgehead atoms. The minimum atomic E-state index is -0.226. The Morgan fingerprint density at radius 2 is 2.09 bits per heavy atom. The summed E-state index contributed by atoms with van der Waals surface area (Å²) >= 11 is 0. The zero-order valence-electron chi connectivity index (χ0n) is 17.5. The topological polar surface area (TPSA) is 111 Å². The van der Waals surface area contributed by atoms with Gasteiger partial charge in [0.05, 0.1) is 53.4 Å². The third kappa shape index (κ3) is 2.86. The molecule has 9 nitrogen and oxygen atoms in total. The molecule has 0 aromatic carbocycles. The van der Waals surface area contributed by atoms with Crippen molar-refractivity contribution >= 4 is 23.5 Å². The summed E-state index contributed by atoms with van der Waals surface area (Å²) in [4.78, 5) is 4.87. The van der Waals surface area contributed by atoms with Gasteiger partial charge < -0.3 is 0 Å². The Hall–Kier alpha value is -4.11. The highest BCUT2D eigenvalue weighted by atomic mass is 15.4. The summed E-state index contributed by atoms with van der Waals surface area (Å²) in [5.41, 5.74) is 3.81. The van der Waals surface area contributed by atoms with Gasteiger partial charge in [0.1, 0.15) is 23.3 Å². The van der Waals surface area contributed by atoms with Crippen LogP contribution in [0, 0.1) is 45.8 Å². The van der Waals surface area contributed by atoms with Crippen molar-refractivity contribution in [3.8, 4) is 23.5 Å². The summed E-state index contributed by atoms with van der Waals surface area (Å²) in [6, 6.07) is 8.59. The molecule has 1 aliphatic heterocycles. The summed E-state index contributed by atoms with van der Waals surface area (Å²) < 4.78 is 5.35. The Kier molecular flexibility index (Phi) is 3.90. The Morgan fingerprint density at radius 3 is 2.81 bits per heavy atom. The minimum absolute atomic E-state index is 0.164. The maximum absolute atomic E-state index is 9.42. The van der Waals surface area contributed by atoms with Gasteiger partial charge in [-0.25, -0.2) is 9.50 Å². The van der Waals surface area contributed by atoms with Crippen LogP contribution >= 0.6 is 0 Å². The molecule has 2 fully saturated rings. The fourth-order valence-corrected chi connectivity index (χ4v) is 5.29. The van der Waals surface area contributed by atoms with Crippen LogP contribution in [0.4, 0.5) is 0 Å². The van der Waals surface area contributed by atoms with Crippen molar-refractivity contribution in [3.05, 3.63) is 42.6 Å². The Bertz CT molecular complexity index is 1410. The zero-order valence-corrected chi connectivity index (χ0v) is 17.5. The van der Waals surface area contributed by atoms with E-state index in [-0.39, 0.29) is 11.3 Å². The van der Waals surface area contributed by atoms with Crippen LogP contribution < -0.4 is 0 Å². The van der Waals surface area contributed by atoms with E-state index in [4.69, 9.17) is 4.98 Å². The van der Waals surface area contributed by atoms with Crippen LogP contribution in [-0.2, 0) is 7.05 Å². The highest BCUT2D eigenvalue weighted by Gasteiger charge is 2.62. The molecule has 156 valence electrons. The summed E-state index contributed by atoms with van der Waals surface area (Å²) in [5, 5.41) is 32.1. The van der Waals surface area contributed by atoms with Gasteiger partial charge in [-0.15, -0.1) is 0 Å². The monoisotopic (exact) mass is 422 g/mol. The SMILES string of the molecule is Cn1ccc(-c2cn3nccc3c(C3=C/[N+](=C\C4(CC#N)CC5C(C#N)C5C4)N=C3)n2)n1. The maximum Gasteiger partial charge on any atom is 0.213 e. The molecular formula is C23H20N9+. The number of hydrazone groups is 1. The molecule has 3 aromatic heterocycles. The number of rotatable bonds is 4. The number of nitrogens with zero attached hydrogens (tertiary/aromatic N) is 9. The van der Waals surface area contributed by atoms with E-state index >= 15 is 0 Å². The summed E-state index contributed by atoms with van der Waals surface area (Å²) in [5.74, 6) is 1.00. The summed E-state index contributed by atoms with van der Waals surface area (Å²) in [6.45, 7) is 0. The van der Waals surface area contributed by atoms with Crippen LogP contribution in [0.1, 0.15) is 25.0 Å². The molecule has 2 saturated carbocycles. The van der Waals surface area contributed by atoms with E-state index in [1.807, 2.05) is 37.8 Å². The van der Waals surface area contributed by atoms with E-state index in [1.165, 1.54) is 0 Å². The number of aromatic nitrogens is 5. The van der Waals surface area contributed by atoms with Crippen molar-refractivity contribution in [3.63, 3.8) is 0 Å². The Balaban J connectivity index is 1.37. The number of hydrogen-bond donors (Lipinski definition) is 0. The van der Waals surface area contributed by atoms with Gasteiger partial charge in [-0.2, -0.15) is 20.7 Å². The van der Waals surface area contributed by atoms with E-state index in [9.17, 15) is 10.5 Å². The molecule has 0 saturated heterocycles. The number of allylic oxidation sites excluding steroid dienone is 1. The van der Waals surface area contributed by atoms with Gasteiger partial charge >= 0.3 is 0 Å². The molecule has 9 heteroatoms. The molecule has 0 radical (unpaired) electrons. The number of fused-ring (bicyclic) bond motifs is 2. The van der Waals surface area contributed by atoms with Crippen molar-refractivity contribution in [2.45, 2.75) is 19.3 Å². The van der Waals surface area contributed by atoms with Crippen molar-refractivity contribution in [2.24, 2.45) is 35.3 Å². The second-order valence-electron chi connectivity index (χ2n) is 8.94. The van der Waals surface area contributed by atoms with Gasteiger partial charge in [-0.1, -0.05) is 4.68 Å². The minimum Gasteiger partial charge on any atom is -0.275 e. The molecule has 2 aliphatic carbocycles. The second kappa shape index (κ2) is 6.69. The molecule has 4 heterocycles. The molecule has 3 aromatic rings. The number of hydrogen-bond acceptors (Lipinski definition) is 6.